The number of sulfonamides is 1. The molecule has 0 aliphatic carbocycles. The molecule has 0 saturated heterocycles. The summed E-state index contributed by atoms with van der Waals surface area (Å²) < 4.78 is 27.3. The number of para-hydroxylation sites is 1. The number of carbonyl (C=O) groups excluding carboxylic acids is 1. The highest BCUT2D eigenvalue weighted by Crippen LogP contribution is 2.20. The van der Waals surface area contributed by atoms with Crippen LogP contribution in [0.4, 0.5) is 11.4 Å². The summed E-state index contributed by atoms with van der Waals surface area (Å²) in [6.07, 6.45) is 1.12. The van der Waals surface area contributed by atoms with Crippen molar-refractivity contribution in [3.8, 4) is 0 Å². The molecule has 3 rings (SSSR count). The zero-order valence-corrected chi connectivity index (χ0v) is 19.1. The van der Waals surface area contributed by atoms with Gasteiger partial charge in [-0.25, -0.2) is 8.42 Å². The third-order valence-corrected chi connectivity index (χ3v) is 7.54. The van der Waals surface area contributed by atoms with E-state index in [2.05, 4.69) is 34.0 Å². The number of anilines is 2. The quantitative estimate of drug-likeness (QED) is 0.425. The molecular weight excluding hydrogens is 430 g/mol. The van der Waals surface area contributed by atoms with Gasteiger partial charge in [0.05, 0.1) is 6.42 Å². The largest absolute Gasteiger partial charge is 0.372 e. The molecule has 0 atom stereocenters. The second-order valence-electron chi connectivity index (χ2n) is 7.03. The van der Waals surface area contributed by atoms with E-state index < -0.39 is 10.0 Å². The first kappa shape index (κ1) is 22.8. The maximum Gasteiger partial charge on any atom is 0.271 e. The van der Waals surface area contributed by atoms with Crippen molar-refractivity contribution in [3.63, 3.8) is 0 Å². The Morgan fingerprint density at radius 3 is 2.39 bits per heavy atom. The van der Waals surface area contributed by atoms with Crippen molar-refractivity contribution in [1.82, 2.24) is 5.32 Å². The zero-order chi connectivity index (χ0) is 22.1. The molecule has 2 aromatic carbocycles. The highest BCUT2D eigenvalue weighted by atomic mass is 32.2. The van der Waals surface area contributed by atoms with E-state index in [1.54, 1.807) is 41.8 Å². The molecule has 0 aliphatic rings. The van der Waals surface area contributed by atoms with Gasteiger partial charge in [-0.05, 0) is 54.6 Å². The third-order valence-electron chi connectivity index (χ3n) is 4.76. The molecule has 164 valence electrons. The van der Waals surface area contributed by atoms with Gasteiger partial charge >= 0.3 is 0 Å². The molecule has 0 spiro atoms. The number of hydrogen-bond donors (Lipinski definition) is 2. The molecule has 8 heteroatoms. The van der Waals surface area contributed by atoms with Gasteiger partial charge in [-0.2, -0.15) is 0 Å². The summed E-state index contributed by atoms with van der Waals surface area (Å²) in [7, 11) is -3.57. The van der Waals surface area contributed by atoms with Crippen LogP contribution in [0.1, 0.15) is 18.9 Å². The van der Waals surface area contributed by atoms with Gasteiger partial charge in [-0.1, -0.05) is 36.4 Å². The summed E-state index contributed by atoms with van der Waals surface area (Å²) in [4.78, 5) is 14.5. The van der Waals surface area contributed by atoms with Crippen molar-refractivity contribution in [2.24, 2.45) is 0 Å². The number of nitrogens with zero attached hydrogens (tertiary/aromatic N) is 1. The molecule has 0 saturated carbocycles. The summed E-state index contributed by atoms with van der Waals surface area (Å²) in [5.74, 6) is -0.0466. The first-order valence-electron chi connectivity index (χ1n) is 10.2. The van der Waals surface area contributed by atoms with Crippen LogP contribution in [0.3, 0.4) is 0 Å². The molecule has 0 unspecified atom stereocenters. The maximum atomic E-state index is 12.3. The predicted octanol–water partition coefficient (Wildman–Crippen LogP) is 4.12. The van der Waals surface area contributed by atoms with Crippen molar-refractivity contribution in [2.45, 2.75) is 24.0 Å². The minimum absolute atomic E-state index is 0.0466. The van der Waals surface area contributed by atoms with E-state index in [0.29, 0.717) is 12.2 Å². The molecule has 2 N–H and O–H groups in total. The monoisotopic (exact) mass is 457 g/mol. The van der Waals surface area contributed by atoms with Crippen LogP contribution in [-0.4, -0.2) is 34.0 Å². The summed E-state index contributed by atoms with van der Waals surface area (Å²) in [5.41, 5.74) is 2.49. The summed E-state index contributed by atoms with van der Waals surface area (Å²) in [5, 5.41) is 4.68. The Morgan fingerprint density at radius 1 is 1.00 bits per heavy atom. The Bertz CT molecular complexity index is 1050. The van der Waals surface area contributed by atoms with Crippen LogP contribution >= 0.6 is 11.3 Å². The van der Waals surface area contributed by atoms with Crippen LogP contribution in [-0.2, 0) is 21.2 Å². The first-order valence-corrected chi connectivity index (χ1v) is 12.6. The van der Waals surface area contributed by atoms with Crippen molar-refractivity contribution < 1.29 is 13.2 Å². The lowest BCUT2D eigenvalue weighted by Gasteiger charge is -2.23. The van der Waals surface area contributed by atoms with E-state index in [1.807, 2.05) is 18.2 Å². The van der Waals surface area contributed by atoms with E-state index in [4.69, 9.17) is 0 Å². The summed E-state index contributed by atoms with van der Waals surface area (Å²) in [6.45, 7) is 4.52. The van der Waals surface area contributed by atoms with E-state index in [0.717, 1.165) is 25.1 Å². The van der Waals surface area contributed by atoms with Crippen molar-refractivity contribution in [1.29, 1.82) is 0 Å². The van der Waals surface area contributed by atoms with Gasteiger partial charge in [-0.3, -0.25) is 9.52 Å². The standard InChI is InChI=1S/C23H27N3O3S2/c1-2-26(21-8-4-3-5-9-21)16-7-15-24-22(27)18-19-11-13-20(14-12-19)25-31(28,29)23-10-6-17-30-23/h3-6,8-14,17,25H,2,7,15-16,18H2,1H3,(H,24,27). The Hall–Kier alpha value is -2.84. The topological polar surface area (TPSA) is 78.5 Å². The number of rotatable bonds is 11. The van der Waals surface area contributed by atoms with Crippen LogP contribution < -0.4 is 14.9 Å². The lowest BCUT2D eigenvalue weighted by atomic mass is 10.1. The number of amides is 1. The lowest BCUT2D eigenvalue weighted by molar-refractivity contribution is -0.120. The average Bonchev–Trinajstić information content (AvgIpc) is 3.32. The fraction of sp³-hybridized carbons (Fsp3) is 0.261. The number of benzene rings is 2. The van der Waals surface area contributed by atoms with Crippen LogP contribution in [0.15, 0.2) is 76.3 Å². The molecule has 0 fully saturated rings. The number of carbonyl (C=O) groups is 1. The number of thiophene rings is 1. The van der Waals surface area contributed by atoms with Gasteiger partial charge in [0.15, 0.2) is 0 Å². The van der Waals surface area contributed by atoms with Crippen LogP contribution in [0.2, 0.25) is 0 Å². The molecular formula is C23H27N3O3S2. The van der Waals surface area contributed by atoms with E-state index in [1.165, 1.54) is 17.0 Å². The third kappa shape index (κ3) is 6.83. The summed E-state index contributed by atoms with van der Waals surface area (Å²) in [6, 6.07) is 20.4. The molecule has 31 heavy (non-hydrogen) atoms. The number of hydrogen-bond acceptors (Lipinski definition) is 5. The predicted molar refractivity (Wildman–Crippen MR) is 127 cm³/mol. The smallest absolute Gasteiger partial charge is 0.271 e. The van der Waals surface area contributed by atoms with Crippen molar-refractivity contribution >= 4 is 38.6 Å². The molecule has 3 aromatic rings. The first-order chi connectivity index (χ1) is 15.0. The highest BCUT2D eigenvalue weighted by Gasteiger charge is 2.15. The highest BCUT2D eigenvalue weighted by molar-refractivity contribution is 7.94. The molecule has 1 aromatic heterocycles. The Balaban J connectivity index is 1.42. The van der Waals surface area contributed by atoms with E-state index in [-0.39, 0.29) is 16.5 Å². The van der Waals surface area contributed by atoms with E-state index in [9.17, 15) is 13.2 Å². The zero-order valence-electron chi connectivity index (χ0n) is 17.5. The maximum absolute atomic E-state index is 12.3. The van der Waals surface area contributed by atoms with Crippen LogP contribution in [0, 0.1) is 0 Å². The Labute approximate surface area is 188 Å². The SMILES string of the molecule is CCN(CCCNC(=O)Cc1ccc(NS(=O)(=O)c2cccs2)cc1)c1ccccc1. The van der Waals surface area contributed by atoms with Gasteiger partial charge in [-0.15, -0.1) is 11.3 Å². The molecule has 0 radical (unpaired) electrons. The Morgan fingerprint density at radius 2 is 1.74 bits per heavy atom. The van der Waals surface area contributed by atoms with E-state index >= 15 is 0 Å². The van der Waals surface area contributed by atoms with Crippen LogP contribution in [0.25, 0.3) is 0 Å². The fourth-order valence-electron chi connectivity index (χ4n) is 3.17. The minimum atomic E-state index is -3.57. The lowest BCUT2D eigenvalue weighted by Crippen LogP contribution is -2.30. The van der Waals surface area contributed by atoms with Gasteiger partial charge in [0.2, 0.25) is 5.91 Å². The van der Waals surface area contributed by atoms with Crippen molar-refractivity contribution in [3.05, 3.63) is 77.7 Å². The normalized spacial score (nSPS) is 11.1. The molecule has 0 aliphatic heterocycles. The van der Waals surface area contributed by atoms with Crippen LogP contribution in [0.5, 0.6) is 0 Å². The Kier molecular flexibility index (Phi) is 8.08. The molecule has 1 amide bonds. The van der Waals surface area contributed by atoms with Gasteiger partial charge in [0, 0.05) is 31.0 Å². The molecule has 1 heterocycles. The average molecular weight is 458 g/mol. The minimum Gasteiger partial charge on any atom is -0.372 e. The second kappa shape index (κ2) is 11.0. The van der Waals surface area contributed by atoms with Gasteiger partial charge < -0.3 is 10.2 Å². The van der Waals surface area contributed by atoms with Crippen molar-refractivity contribution in [2.75, 3.05) is 29.3 Å². The number of nitrogens with one attached hydrogen (secondary N) is 2. The second-order valence-corrected chi connectivity index (χ2v) is 9.89. The molecule has 0 bridgehead atoms. The summed E-state index contributed by atoms with van der Waals surface area (Å²) >= 11 is 1.17. The van der Waals surface area contributed by atoms with Gasteiger partial charge in [0.1, 0.15) is 4.21 Å². The van der Waals surface area contributed by atoms with Gasteiger partial charge in [0.25, 0.3) is 10.0 Å². The fourth-order valence-corrected chi connectivity index (χ4v) is 5.22. The molecule has 6 nitrogen and oxygen atoms in total.